The summed E-state index contributed by atoms with van der Waals surface area (Å²) in [6.07, 6.45) is 0.932. The maximum absolute atomic E-state index is 5.98. The lowest BCUT2D eigenvalue weighted by Crippen LogP contribution is -2.10. The van der Waals surface area contributed by atoms with Crippen molar-refractivity contribution >= 4 is 15.9 Å². The van der Waals surface area contributed by atoms with E-state index in [9.17, 15) is 0 Å². The van der Waals surface area contributed by atoms with Crippen molar-refractivity contribution in [2.75, 3.05) is 13.2 Å². The summed E-state index contributed by atoms with van der Waals surface area (Å²) in [5, 5.41) is 0. The smallest absolute Gasteiger partial charge is 0.122 e. The maximum atomic E-state index is 5.98. The van der Waals surface area contributed by atoms with Crippen LogP contribution >= 0.6 is 15.9 Å². The second-order valence-electron chi connectivity index (χ2n) is 4.73. The predicted molar refractivity (Wildman–Crippen MR) is 88.8 cm³/mol. The highest BCUT2D eigenvalue weighted by molar-refractivity contribution is 9.10. The largest absolute Gasteiger partial charge is 0.490 e. The van der Waals surface area contributed by atoms with Crippen LogP contribution in [-0.4, -0.2) is 13.2 Å². The summed E-state index contributed by atoms with van der Waals surface area (Å²) in [6, 6.07) is 15.8. The van der Waals surface area contributed by atoms with Gasteiger partial charge in [-0.3, -0.25) is 0 Å². The summed E-state index contributed by atoms with van der Waals surface area (Å²) < 4.78 is 12.3. The quantitative estimate of drug-likeness (QED) is 0.757. The first kappa shape index (κ1) is 15.9. The Kier molecular flexibility index (Phi) is 6.08. The van der Waals surface area contributed by atoms with Gasteiger partial charge in [0.05, 0.1) is 0 Å². The van der Waals surface area contributed by atoms with Crippen LogP contribution in [0.15, 0.2) is 53.0 Å². The first-order valence-electron chi connectivity index (χ1n) is 7.05. The summed E-state index contributed by atoms with van der Waals surface area (Å²) in [5.41, 5.74) is 7.11. The van der Waals surface area contributed by atoms with Crippen LogP contribution in [0, 0.1) is 0 Å². The van der Waals surface area contributed by atoms with Crippen LogP contribution < -0.4 is 15.2 Å². The van der Waals surface area contributed by atoms with E-state index in [1.165, 1.54) is 0 Å². The van der Waals surface area contributed by atoms with Crippen molar-refractivity contribution in [1.82, 2.24) is 0 Å². The van der Waals surface area contributed by atoms with E-state index in [2.05, 4.69) is 22.9 Å². The van der Waals surface area contributed by atoms with Gasteiger partial charge in [0.15, 0.2) is 0 Å². The molecule has 2 rings (SSSR count). The normalized spacial score (nSPS) is 12.0. The lowest BCUT2D eigenvalue weighted by atomic mass is 10.1. The molecule has 0 saturated heterocycles. The van der Waals surface area contributed by atoms with Gasteiger partial charge >= 0.3 is 0 Å². The molecule has 0 aliphatic rings. The number of benzene rings is 2. The Hall–Kier alpha value is -1.52. The van der Waals surface area contributed by atoms with Gasteiger partial charge in [-0.25, -0.2) is 0 Å². The highest BCUT2D eigenvalue weighted by Crippen LogP contribution is 2.19. The van der Waals surface area contributed by atoms with Gasteiger partial charge in [-0.2, -0.15) is 0 Å². The van der Waals surface area contributed by atoms with Crippen LogP contribution in [0.25, 0.3) is 0 Å². The van der Waals surface area contributed by atoms with Crippen LogP contribution in [0.2, 0.25) is 0 Å². The second kappa shape index (κ2) is 8.05. The zero-order chi connectivity index (χ0) is 15.1. The zero-order valence-electron chi connectivity index (χ0n) is 12.1. The van der Waals surface area contributed by atoms with Crippen LogP contribution in [0.3, 0.4) is 0 Å². The van der Waals surface area contributed by atoms with Gasteiger partial charge in [0.25, 0.3) is 0 Å². The standard InChI is InChI=1S/C17H20BrNO2/c1-2-17(19)13-3-7-15(8-4-13)20-11-12-21-16-9-5-14(18)6-10-16/h3-10,17H,2,11-12,19H2,1H3/t17-/m1/s1. The molecule has 0 fully saturated rings. The number of ether oxygens (including phenoxy) is 2. The summed E-state index contributed by atoms with van der Waals surface area (Å²) >= 11 is 3.39. The Bertz CT molecular complexity index is 540. The van der Waals surface area contributed by atoms with Crippen molar-refractivity contribution in [3.8, 4) is 11.5 Å². The van der Waals surface area contributed by atoms with Gasteiger partial charge in [0.1, 0.15) is 24.7 Å². The van der Waals surface area contributed by atoms with Gasteiger partial charge in [-0.15, -0.1) is 0 Å². The number of hydrogen-bond acceptors (Lipinski definition) is 3. The second-order valence-corrected chi connectivity index (χ2v) is 5.65. The molecule has 0 radical (unpaired) electrons. The van der Waals surface area contributed by atoms with Crippen molar-refractivity contribution in [2.24, 2.45) is 5.73 Å². The van der Waals surface area contributed by atoms with Crippen LogP contribution in [0.4, 0.5) is 0 Å². The van der Waals surface area contributed by atoms with Crippen LogP contribution in [-0.2, 0) is 0 Å². The van der Waals surface area contributed by atoms with Gasteiger partial charge in [-0.1, -0.05) is 35.0 Å². The third kappa shape index (κ3) is 5.06. The highest BCUT2D eigenvalue weighted by atomic mass is 79.9. The summed E-state index contributed by atoms with van der Waals surface area (Å²) in [6.45, 7) is 3.10. The van der Waals surface area contributed by atoms with Crippen LogP contribution in [0.5, 0.6) is 11.5 Å². The van der Waals surface area contributed by atoms with E-state index in [1.807, 2.05) is 48.5 Å². The molecule has 0 aliphatic heterocycles. The topological polar surface area (TPSA) is 44.5 Å². The minimum absolute atomic E-state index is 0.0970. The molecule has 4 heteroatoms. The van der Waals surface area contributed by atoms with Crippen molar-refractivity contribution in [1.29, 1.82) is 0 Å². The van der Waals surface area contributed by atoms with E-state index in [0.717, 1.165) is 28.0 Å². The molecule has 0 spiro atoms. The van der Waals surface area contributed by atoms with E-state index in [4.69, 9.17) is 15.2 Å². The lowest BCUT2D eigenvalue weighted by Gasteiger charge is -2.11. The molecular weight excluding hydrogens is 330 g/mol. The highest BCUT2D eigenvalue weighted by Gasteiger charge is 2.03. The minimum Gasteiger partial charge on any atom is -0.490 e. The molecule has 2 aromatic carbocycles. The van der Waals surface area contributed by atoms with E-state index >= 15 is 0 Å². The Morgan fingerprint density at radius 1 is 0.905 bits per heavy atom. The predicted octanol–water partition coefficient (Wildman–Crippen LogP) is 4.32. The molecule has 0 saturated carbocycles. The summed E-state index contributed by atoms with van der Waals surface area (Å²) in [5.74, 6) is 1.67. The van der Waals surface area contributed by atoms with Crippen molar-refractivity contribution in [2.45, 2.75) is 19.4 Å². The SMILES string of the molecule is CC[C@@H](N)c1ccc(OCCOc2ccc(Br)cc2)cc1. The lowest BCUT2D eigenvalue weighted by molar-refractivity contribution is 0.217. The molecule has 0 unspecified atom stereocenters. The fourth-order valence-electron chi connectivity index (χ4n) is 1.90. The molecule has 0 bridgehead atoms. The van der Waals surface area contributed by atoms with Gasteiger partial charge in [0.2, 0.25) is 0 Å². The van der Waals surface area contributed by atoms with E-state index < -0.39 is 0 Å². The Morgan fingerprint density at radius 2 is 1.38 bits per heavy atom. The summed E-state index contributed by atoms with van der Waals surface area (Å²) in [7, 11) is 0. The molecule has 0 amide bonds. The van der Waals surface area contributed by atoms with Gasteiger partial charge < -0.3 is 15.2 Å². The maximum Gasteiger partial charge on any atom is 0.122 e. The monoisotopic (exact) mass is 349 g/mol. The van der Waals surface area contributed by atoms with E-state index in [-0.39, 0.29) is 6.04 Å². The third-order valence-electron chi connectivity index (χ3n) is 3.18. The molecule has 0 aliphatic carbocycles. The first-order chi connectivity index (χ1) is 10.2. The molecule has 0 aromatic heterocycles. The Labute approximate surface area is 134 Å². The van der Waals surface area contributed by atoms with Crippen LogP contribution in [0.1, 0.15) is 24.9 Å². The fraction of sp³-hybridized carbons (Fsp3) is 0.294. The minimum atomic E-state index is 0.0970. The average Bonchev–Trinajstić information content (AvgIpc) is 2.53. The summed E-state index contributed by atoms with van der Waals surface area (Å²) in [4.78, 5) is 0. The molecule has 1 atom stereocenters. The first-order valence-corrected chi connectivity index (χ1v) is 7.85. The third-order valence-corrected chi connectivity index (χ3v) is 3.71. The number of rotatable bonds is 7. The van der Waals surface area contributed by atoms with Crippen molar-refractivity contribution in [3.63, 3.8) is 0 Å². The average molecular weight is 350 g/mol. The van der Waals surface area contributed by atoms with Gasteiger partial charge in [-0.05, 0) is 48.4 Å². The molecule has 2 N–H and O–H groups in total. The molecular formula is C17H20BrNO2. The molecule has 0 heterocycles. The number of halogens is 1. The van der Waals surface area contributed by atoms with Crippen molar-refractivity contribution < 1.29 is 9.47 Å². The molecule has 2 aromatic rings. The Morgan fingerprint density at radius 3 is 1.86 bits per heavy atom. The molecule has 112 valence electrons. The number of hydrogen-bond donors (Lipinski definition) is 1. The zero-order valence-corrected chi connectivity index (χ0v) is 13.7. The Balaban J connectivity index is 1.74. The molecule has 3 nitrogen and oxygen atoms in total. The van der Waals surface area contributed by atoms with E-state index in [0.29, 0.717) is 13.2 Å². The number of nitrogens with two attached hydrogens (primary N) is 1. The molecule has 21 heavy (non-hydrogen) atoms. The fourth-order valence-corrected chi connectivity index (χ4v) is 2.16. The van der Waals surface area contributed by atoms with E-state index in [1.54, 1.807) is 0 Å². The van der Waals surface area contributed by atoms with Crippen molar-refractivity contribution in [3.05, 3.63) is 58.6 Å². The van der Waals surface area contributed by atoms with Gasteiger partial charge in [0, 0.05) is 10.5 Å².